The van der Waals surface area contributed by atoms with E-state index in [0.29, 0.717) is 5.92 Å². The van der Waals surface area contributed by atoms with Crippen LogP contribution in [0.3, 0.4) is 0 Å². The number of hydrogen-bond donors (Lipinski definition) is 0. The van der Waals surface area contributed by atoms with E-state index in [0.717, 1.165) is 6.61 Å². The molecule has 0 aliphatic rings. The van der Waals surface area contributed by atoms with Crippen molar-refractivity contribution in [3.63, 3.8) is 0 Å². The van der Waals surface area contributed by atoms with Crippen LogP contribution in [0.25, 0.3) is 0 Å². The molecule has 0 amide bonds. The summed E-state index contributed by atoms with van der Waals surface area (Å²) in [6, 6.07) is 0. The van der Waals surface area contributed by atoms with Gasteiger partial charge in [-0.25, -0.2) is 0 Å². The lowest BCUT2D eigenvalue weighted by molar-refractivity contribution is -0.0585. The van der Waals surface area contributed by atoms with Crippen LogP contribution in [0.2, 0.25) is 0 Å². The molecule has 0 aliphatic heterocycles. The molecular weight excluding hydrogens is 208 g/mol. The van der Waals surface area contributed by atoms with Crippen molar-refractivity contribution in [3.05, 3.63) is 0 Å². The van der Waals surface area contributed by atoms with Crippen LogP contribution < -0.4 is 0 Å². The highest BCUT2D eigenvalue weighted by atomic mass is 16.5. The van der Waals surface area contributed by atoms with E-state index in [4.69, 9.17) is 4.74 Å². The Morgan fingerprint density at radius 2 is 1.47 bits per heavy atom. The summed E-state index contributed by atoms with van der Waals surface area (Å²) < 4.78 is 5.88. The van der Waals surface area contributed by atoms with Gasteiger partial charge in [-0.15, -0.1) is 0 Å². The quantitative estimate of drug-likeness (QED) is 0.430. The molecule has 104 valence electrons. The van der Waals surface area contributed by atoms with E-state index in [1.165, 1.54) is 51.4 Å². The minimum absolute atomic E-state index is 0.0624. The summed E-state index contributed by atoms with van der Waals surface area (Å²) in [6.45, 7) is 12.0. The lowest BCUT2D eigenvalue weighted by atomic mass is 9.84. The monoisotopic (exact) mass is 242 g/mol. The van der Waals surface area contributed by atoms with Crippen molar-refractivity contribution in [1.29, 1.82) is 0 Å². The molecule has 1 nitrogen and oxygen atoms in total. The zero-order valence-corrected chi connectivity index (χ0v) is 12.8. The second-order valence-corrected chi connectivity index (χ2v) is 5.70. The molecule has 0 bridgehead atoms. The van der Waals surface area contributed by atoms with Crippen LogP contribution in [0.5, 0.6) is 0 Å². The Morgan fingerprint density at radius 3 is 2.00 bits per heavy atom. The molecule has 0 aromatic heterocycles. The van der Waals surface area contributed by atoms with Crippen LogP contribution in [0.15, 0.2) is 0 Å². The van der Waals surface area contributed by atoms with Crippen LogP contribution in [-0.4, -0.2) is 12.2 Å². The van der Waals surface area contributed by atoms with Crippen molar-refractivity contribution in [2.45, 2.75) is 91.6 Å². The standard InChI is InChI=1S/C16H34O/c1-6-9-10-11-12-13-14-15(7-2)16(4,5)17-8-3/h15H,6-14H2,1-5H3. The van der Waals surface area contributed by atoms with Gasteiger partial charge in [-0.1, -0.05) is 58.8 Å². The van der Waals surface area contributed by atoms with Gasteiger partial charge in [0.25, 0.3) is 0 Å². The second-order valence-electron chi connectivity index (χ2n) is 5.70. The Hall–Kier alpha value is -0.0400. The Bertz CT molecular complexity index is 163. The van der Waals surface area contributed by atoms with Crippen molar-refractivity contribution in [1.82, 2.24) is 0 Å². The molecule has 1 atom stereocenters. The largest absolute Gasteiger partial charge is 0.376 e. The van der Waals surface area contributed by atoms with Crippen LogP contribution in [-0.2, 0) is 4.74 Å². The number of rotatable bonds is 11. The lowest BCUT2D eigenvalue weighted by Gasteiger charge is -2.33. The number of unbranched alkanes of at least 4 members (excludes halogenated alkanes) is 5. The molecule has 0 radical (unpaired) electrons. The Labute approximate surface area is 109 Å². The zero-order chi connectivity index (χ0) is 13.1. The third-order valence-electron chi connectivity index (χ3n) is 3.90. The maximum absolute atomic E-state index is 5.88. The first-order valence-corrected chi connectivity index (χ1v) is 7.72. The number of ether oxygens (including phenoxy) is 1. The molecule has 0 saturated carbocycles. The highest BCUT2D eigenvalue weighted by Gasteiger charge is 2.27. The van der Waals surface area contributed by atoms with E-state index < -0.39 is 0 Å². The molecule has 0 aliphatic carbocycles. The minimum atomic E-state index is 0.0624. The van der Waals surface area contributed by atoms with Gasteiger partial charge in [0.2, 0.25) is 0 Å². The summed E-state index contributed by atoms with van der Waals surface area (Å²) in [5.41, 5.74) is 0.0624. The molecule has 0 N–H and O–H groups in total. The molecule has 0 fully saturated rings. The molecular formula is C16H34O. The first-order valence-electron chi connectivity index (χ1n) is 7.72. The lowest BCUT2D eigenvalue weighted by Crippen LogP contribution is -2.34. The van der Waals surface area contributed by atoms with Gasteiger partial charge in [-0.3, -0.25) is 0 Å². The van der Waals surface area contributed by atoms with Gasteiger partial charge in [-0.2, -0.15) is 0 Å². The smallest absolute Gasteiger partial charge is 0.0654 e. The molecule has 0 spiro atoms. The Morgan fingerprint density at radius 1 is 0.882 bits per heavy atom. The molecule has 17 heavy (non-hydrogen) atoms. The SMILES string of the molecule is CCCCCCCCC(CC)C(C)(C)OCC. The molecule has 0 rings (SSSR count). The van der Waals surface area contributed by atoms with Crippen molar-refractivity contribution in [2.24, 2.45) is 5.92 Å². The summed E-state index contributed by atoms with van der Waals surface area (Å²) >= 11 is 0. The molecule has 0 saturated heterocycles. The fraction of sp³-hybridized carbons (Fsp3) is 1.00. The fourth-order valence-corrected chi connectivity index (χ4v) is 2.70. The molecule has 0 aromatic carbocycles. The average molecular weight is 242 g/mol. The van der Waals surface area contributed by atoms with E-state index in [1.807, 2.05) is 0 Å². The topological polar surface area (TPSA) is 9.23 Å². The molecule has 0 aromatic rings. The van der Waals surface area contributed by atoms with Gasteiger partial charge in [0, 0.05) is 6.61 Å². The van der Waals surface area contributed by atoms with Crippen LogP contribution in [0.4, 0.5) is 0 Å². The highest BCUT2D eigenvalue weighted by Crippen LogP contribution is 2.29. The average Bonchev–Trinajstić information content (AvgIpc) is 2.27. The molecule has 1 heteroatoms. The summed E-state index contributed by atoms with van der Waals surface area (Å²) in [7, 11) is 0. The molecule has 1 unspecified atom stereocenters. The maximum atomic E-state index is 5.88. The summed E-state index contributed by atoms with van der Waals surface area (Å²) in [5.74, 6) is 0.716. The van der Waals surface area contributed by atoms with Crippen molar-refractivity contribution in [2.75, 3.05) is 6.61 Å². The summed E-state index contributed by atoms with van der Waals surface area (Å²) in [6.07, 6.45) is 10.9. The normalized spacial score (nSPS) is 13.9. The maximum Gasteiger partial charge on any atom is 0.0654 e. The van der Waals surface area contributed by atoms with Gasteiger partial charge in [0.05, 0.1) is 5.60 Å². The van der Waals surface area contributed by atoms with E-state index >= 15 is 0 Å². The third kappa shape index (κ3) is 7.81. The van der Waals surface area contributed by atoms with E-state index in [-0.39, 0.29) is 5.60 Å². The Balaban J connectivity index is 3.74. The van der Waals surface area contributed by atoms with E-state index in [1.54, 1.807) is 0 Å². The number of hydrogen-bond acceptors (Lipinski definition) is 1. The van der Waals surface area contributed by atoms with Gasteiger partial charge >= 0.3 is 0 Å². The van der Waals surface area contributed by atoms with Gasteiger partial charge < -0.3 is 4.74 Å². The fourth-order valence-electron chi connectivity index (χ4n) is 2.70. The third-order valence-corrected chi connectivity index (χ3v) is 3.90. The predicted molar refractivity (Wildman–Crippen MR) is 77.5 cm³/mol. The van der Waals surface area contributed by atoms with Crippen LogP contribution in [0.1, 0.15) is 86.0 Å². The molecule has 0 heterocycles. The van der Waals surface area contributed by atoms with Gasteiger partial charge in [-0.05, 0) is 33.1 Å². The van der Waals surface area contributed by atoms with Gasteiger partial charge in [0.15, 0.2) is 0 Å². The predicted octanol–water partition coefficient (Wildman–Crippen LogP) is 5.58. The first kappa shape index (κ1) is 17.0. The van der Waals surface area contributed by atoms with Crippen LogP contribution >= 0.6 is 0 Å². The first-order chi connectivity index (χ1) is 8.08. The van der Waals surface area contributed by atoms with Crippen molar-refractivity contribution < 1.29 is 4.74 Å². The van der Waals surface area contributed by atoms with Crippen LogP contribution in [0, 0.1) is 5.92 Å². The zero-order valence-electron chi connectivity index (χ0n) is 12.8. The second kappa shape index (κ2) is 9.94. The summed E-state index contributed by atoms with van der Waals surface area (Å²) in [5, 5.41) is 0. The summed E-state index contributed by atoms with van der Waals surface area (Å²) in [4.78, 5) is 0. The van der Waals surface area contributed by atoms with Gasteiger partial charge in [0.1, 0.15) is 0 Å². The van der Waals surface area contributed by atoms with E-state index in [2.05, 4.69) is 34.6 Å². The minimum Gasteiger partial charge on any atom is -0.376 e. The van der Waals surface area contributed by atoms with E-state index in [9.17, 15) is 0 Å². The highest BCUT2D eigenvalue weighted by molar-refractivity contribution is 4.78. The van der Waals surface area contributed by atoms with Crippen molar-refractivity contribution >= 4 is 0 Å². The van der Waals surface area contributed by atoms with Crippen molar-refractivity contribution in [3.8, 4) is 0 Å². The Kier molecular flexibility index (Phi) is 9.91.